The van der Waals surface area contributed by atoms with E-state index in [1.807, 2.05) is 55.5 Å². The van der Waals surface area contributed by atoms with Gasteiger partial charge in [-0.2, -0.15) is 0 Å². The second kappa shape index (κ2) is 12.2. The zero-order chi connectivity index (χ0) is 25.5. The lowest BCUT2D eigenvalue weighted by Crippen LogP contribution is -2.26. The van der Waals surface area contributed by atoms with E-state index < -0.39 is 0 Å². The molecule has 1 aliphatic heterocycles. The van der Waals surface area contributed by atoms with Gasteiger partial charge in [0.1, 0.15) is 0 Å². The summed E-state index contributed by atoms with van der Waals surface area (Å²) in [5.74, 6) is -0.180. The molecule has 2 amide bonds. The van der Waals surface area contributed by atoms with Crippen molar-refractivity contribution >= 4 is 35.0 Å². The molecule has 0 radical (unpaired) electrons. The van der Waals surface area contributed by atoms with Crippen LogP contribution in [0.5, 0.6) is 0 Å². The molecule has 0 aliphatic carbocycles. The van der Waals surface area contributed by atoms with Crippen LogP contribution in [0.2, 0.25) is 0 Å². The van der Waals surface area contributed by atoms with Crippen molar-refractivity contribution in [1.29, 1.82) is 0 Å². The molecular weight excluding hydrogens is 466 g/mol. The minimum atomic E-state index is -0.162. The number of nitrogens with zero attached hydrogens (tertiary/aromatic N) is 1. The molecule has 1 atom stereocenters. The average Bonchev–Trinajstić information content (AvgIpc) is 2.88. The Morgan fingerprint density at radius 3 is 2.61 bits per heavy atom. The van der Waals surface area contributed by atoms with Gasteiger partial charge in [0.25, 0.3) is 5.91 Å². The minimum absolute atomic E-state index is 0.0177. The van der Waals surface area contributed by atoms with Gasteiger partial charge in [0, 0.05) is 22.7 Å². The Bertz CT molecular complexity index is 1210. The first-order valence-corrected chi connectivity index (χ1v) is 13.6. The third kappa shape index (κ3) is 6.56. The Morgan fingerprint density at radius 1 is 1.03 bits per heavy atom. The number of amides is 2. The molecule has 0 saturated heterocycles. The van der Waals surface area contributed by atoms with Crippen molar-refractivity contribution in [3.63, 3.8) is 0 Å². The first kappa shape index (κ1) is 26.0. The van der Waals surface area contributed by atoms with E-state index >= 15 is 0 Å². The molecular formula is C30H35N3O2S. The highest BCUT2D eigenvalue weighted by Gasteiger charge is 2.23. The molecule has 2 N–H and O–H groups in total. The van der Waals surface area contributed by atoms with E-state index in [1.165, 1.54) is 37.4 Å². The third-order valence-electron chi connectivity index (χ3n) is 6.45. The van der Waals surface area contributed by atoms with Crippen molar-refractivity contribution in [1.82, 2.24) is 4.90 Å². The molecule has 0 spiro atoms. The van der Waals surface area contributed by atoms with E-state index in [9.17, 15) is 9.59 Å². The molecule has 1 unspecified atom stereocenters. The van der Waals surface area contributed by atoms with E-state index in [1.54, 1.807) is 0 Å². The number of thioether (sulfide) groups is 1. The second-order valence-electron chi connectivity index (χ2n) is 9.45. The monoisotopic (exact) mass is 501 g/mol. The van der Waals surface area contributed by atoms with Gasteiger partial charge >= 0.3 is 0 Å². The van der Waals surface area contributed by atoms with E-state index in [2.05, 4.69) is 47.7 Å². The highest BCUT2D eigenvalue weighted by molar-refractivity contribution is 8.00. The Balaban J connectivity index is 1.53. The molecule has 36 heavy (non-hydrogen) atoms. The minimum Gasteiger partial charge on any atom is -0.324 e. The summed E-state index contributed by atoms with van der Waals surface area (Å²) in [5.41, 5.74) is 5.46. The van der Waals surface area contributed by atoms with Crippen molar-refractivity contribution in [3.8, 4) is 11.1 Å². The summed E-state index contributed by atoms with van der Waals surface area (Å²) in [5, 5.41) is 5.82. The van der Waals surface area contributed by atoms with E-state index in [4.69, 9.17) is 0 Å². The molecule has 0 aromatic heterocycles. The van der Waals surface area contributed by atoms with E-state index in [0.29, 0.717) is 11.3 Å². The number of hydrogen-bond donors (Lipinski definition) is 2. The van der Waals surface area contributed by atoms with Crippen molar-refractivity contribution < 1.29 is 9.59 Å². The van der Waals surface area contributed by atoms with Crippen LogP contribution < -0.4 is 10.6 Å². The van der Waals surface area contributed by atoms with Crippen LogP contribution in [0.4, 0.5) is 11.4 Å². The Morgan fingerprint density at radius 2 is 1.83 bits per heavy atom. The van der Waals surface area contributed by atoms with Crippen LogP contribution in [0.1, 0.15) is 55.5 Å². The lowest BCUT2D eigenvalue weighted by Gasteiger charge is -2.22. The zero-order valence-corrected chi connectivity index (χ0v) is 22.2. The number of nitrogens with one attached hydrogen (secondary N) is 2. The summed E-state index contributed by atoms with van der Waals surface area (Å²) in [6.07, 6.45) is 4.92. The number of anilines is 2. The molecule has 0 fully saturated rings. The third-order valence-corrected chi connectivity index (χ3v) is 7.63. The Hall–Kier alpha value is -3.09. The lowest BCUT2D eigenvalue weighted by atomic mass is 9.96. The van der Waals surface area contributed by atoms with Crippen molar-refractivity contribution in [2.75, 3.05) is 24.2 Å². The lowest BCUT2D eigenvalue weighted by molar-refractivity contribution is -0.115. The van der Waals surface area contributed by atoms with Crippen LogP contribution in [-0.2, 0) is 11.3 Å². The maximum atomic E-state index is 13.2. The number of carbonyl (C=O) groups is 2. The Kier molecular flexibility index (Phi) is 8.83. The number of rotatable bonds is 10. The van der Waals surface area contributed by atoms with Gasteiger partial charge in [-0.3, -0.25) is 9.59 Å². The summed E-state index contributed by atoms with van der Waals surface area (Å²) >= 11 is 1.53. The van der Waals surface area contributed by atoms with Gasteiger partial charge < -0.3 is 15.5 Å². The quantitative estimate of drug-likeness (QED) is 0.292. The molecule has 188 valence electrons. The van der Waals surface area contributed by atoms with Crippen LogP contribution in [0.3, 0.4) is 0 Å². The summed E-state index contributed by atoms with van der Waals surface area (Å²) < 4.78 is 0. The molecule has 0 saturated carbocycles. The molecule has 5 nitrogen and oxygen atoms in total. The van der Waals surface area contributed by atoms with Crippen LogP contribution in [0.25, 0.3) is 11.1 Å². The van der Waals surface area contributed by atoms with Gasteiger partial charge in [0.2, 0.25) is 5.91 Å². The van der Waals surface area contributed by atoms with Crippen LogP contribution in [0.15, 0.2) is 71.6 Å². The predicted octanol–water partition coefficient (Wildman–Crippen LogP) is 7.05. The van der Waals surface area contributed by atoms with Gasteiger partial charge in [-0.15, -0.1) is 11.8 Å². The van der Waals surface area contributed by atoms with Gasteiger partial charge in [-0.05, 0) is 74.0 Å². The van der Waals surface area contributed by atoms with Gasteiger partial charge in [-0.1, -0.05) is 62.6 Å². The summed E-state index contributed by atoms with van der Waals surface area (Å²) in [7, 11) is 2.15. The number of benzene rings is 3. The van der Waals surface area contributed by atoms with Crippen LogP contribution >= 0.6 is 11.8 Å². The first-order chi connectivity index (χ1) is 17.4. The van der Waals surface area contributed by atoms with Crippen molar-refractivity contribution in [2.24, 2.45) is 0 Å². The Labute approximate surface area is 218 Å². The van der Waals surface area contributed by atoms with Gasteiger partial charge in [-0.25, -0.2) is 0 Å². The van der Waals surface area contributed by atoms with Gasteiger partial charge in [0.05, 0.1) is 10.9 Å². The van der Waals surface area contributed by atoms with Crippen molar-refractivity contribution in [3.05, 3.63) is 77.9 Å². The smallest absolute Gasteiger partial charge is 0.255 e. The fraction of sp³-hybridized carbons (Fsp3) is 0.333. The first-order valence-electron chi connectivity index (χ1n) is 12.7. The molecule has 3 aromatic rings. The number of carbonyl (C=O) groups excluding carboxylic acids is 2. The second-order valence-corrected chi connectivity index (χ2v) is 10.8. The fourth-order valence-corrected chi connectivity index (χ4v) is 5.36. The fourth-order valence-electron chi connectivity index (χ4n) is 4.43. The molecule has 0 bridgehead atoms. The summed E-state index contributed by atoms with van der Waals surface area (Å²) in [6, 6.07) is 21.9. The number of unbranched alkanes of at least 4 members (excludes halogenated alkanes) is 3. The highest BCUT2D eigenvalue weighted by atomic mass is 32.2. The molecule has 6 heteroatoms. The van der Waals surface area contributed by atoms with E-state index in [-0.39, 0.29) is 17.1 Å². The predicted molar refractivity (Wildman–Crippen MR) is 151 cm³/mol. The number of fused-ring (bicyclic) bond motifs is 1. The van der Waals surface area contributed by atoms with Crippen molar-refractivity contribution in [2.45, 2.75) is 56.2 Å². The maximum absolute atomic E-state index is 13.2. The number of hydrogen-bond acceptors (Lipinski definition) is 4. The SMILES string of the molecule is CCCCCCN(C)Cc1cc(C(=O)Nc2ccc3c(c2)NC(=O)C(C)S3)ccc1-c1ccccc1. The standard InChI is InChI=1S/C30H35N3O2S/c1-4-5-6-10-17-33(3)20-24-18-23(13-15-26(24)22-11-8-7-9-12-22)30(35)31-25-14-16-28-27(19-25)32-29(34)21(2)36-28/h7-9,11-16,18-19,21H,4-6,10,17,20H2,1-3H3,(H,31,35)(H,32,34). The largest absolute Gasteiger partial charge is 0.324 e. The maximum Gasteiger partial charge on any atom is 0.255 e. The molecule has 3 aromatic carbocycles. The highest BCUT2D eigenvalue weighted by Crippen LogP contribution is 2.37. The van der Waals surface area contributed by atoms with Crippen LogP contribution in [0, 0.1) is 0 Å². The topological polar surface area (TPSA) is 61.4 Å². The zero-order valence-electron chi connectivity index (χ0n) is 21.3. The molecule has 4 rings (SSSR count). The summed E-state index contributed by atoms with van der Waals surface area (Å²) in [4.78, 5) is 28.6. The normalized spacial score (nSPS) is 14.9. The van der Waals surface area contributed by atoms with Crippen LogP contribution in [-0.4, -0.2) is 35.6 Å². The van der Waals surface area contributed by atoms with Gasteiger partial charge in [0.15, 0.2) is 0 Å². The molecule has 1 aliphatic rings. The van der Waals surface area contributed by atoms with E-state index in [0.717, 1.165) is 40.4 Å². The average molecular weight is 502 g/mol. The molecule has 1 heterocycles. The summed E-state index contributed by atoms with van der Waals surface area (Å²) in [6.45, 7) is 5.92.